The molecular weight excluding hydrogens is 325 g/mol. The van der Waals surface area contributed by atoms with Gasteiger partial charge in [0.1, 0.15) is 5.02 Å². The third-order valence-corrected chi connectivity index (χ3v) is 3.59. The minimum absolute atomic E-state index is 0.0292. The first kappa shape index (κ1) is 16.3. The monoisotopic (exact) mass is 337 g/mol. The van der Waals surface area contributed by atoms with Gasteiger partial charge in [-0.2, -0.15) is 0 Å². The van der Waals surface area contributed by atoms with Crippen LogP contribution in [0, 0.1) is 0 Å². The Kier molecular flexibility index (Phi) is 5.81. The summed E-state index contributed by atoms with van der Waals surface area (Å²) in [4.78, 5) is 23.5. The Labute approximate surface area is 138 Å². The number of nitrogens with one attached hydrogen (secondary N) is 1. The average Bonchev–Trinajstić information content (AvgIpc) is 2.52. The molecule has 0 aliphatic heterocycles. The highest BCUT2D eigenvalue weighted by Crippen LogP contribution is 2.31. The van der Waals surface area contributed by atoms with Crippen molar-refractivity contribution in [1.29, 1.82) is 0 Å². The maximum absolute atomic E-state index is 11.8. The standard InChI is InChI=1S/C16H13Cl2NO3/c17-12-7-4-8-13(15(12)18)22-14(20)9-10-19-16(21)11-5-2-1-3-6-11/h1-8H,9-10H2,(H,19,21). The molecule has 0 aliphatic rings. The van der Waals surface area contributed by atoms with Gasteiger partial charge in [0.2, 0.25) is 0 Å². The molecule has 0 saturated heterocycles. The Hall–Kier alpha value is -2.04. The summed E-state index contributed by atoms with van der Waals surface area (Å²) in [5.41, 5.74) is 0.536. The number of amides is 1. The highest BCUT2D eigenvalue weighted by Gasteiger charge is 2.11. The zero-order valence-electron chi connectivity index (χ0n) is 11.5. The Bertz CT molecular complexity index is 674. The topological polar surface area (TPSA) is 55.4 Å². The minimum Gasteiger partial charge on any atom is -0.425 e. The first-order valence-electron chi connectivity index (χ1n) is 6.56. The molecule has 2 aromatic rings. The van der Waals surface area contributed by atoms with E-state index >= 15 is 0 Å². The summed E-state index contributed by atoms with van der Waals surface area (Å²) in [7, 11) is 0. The zero-order chi connectivity index (χ0) is 15.9. The van der Waals surface area contributed by atoms with Crippen molar-refractivity contribution in [1.82, 2.24) is 5.32 Å². The normalized spacial score (nSPS) is 10.1. The molecule has 1 N–H and O–H groups in total. The van der Waals surface area contributed by atoms with Crippen LogP contribution >= 0.6 is 23.2 Å². The highest BCUT2D eigenvalue weighted by molar-refractivity contribution is 6.43. The van der Waals surface area contributed by atoms with Crippen LogP contribution in [0.4, 0.5) is 0 Å². The SMILES string of the molecule is O=C(CCNC(=O)c1ccccc1)Oc1cccc(Cl)c1Cl. The second-order valence-electron chi connectivity index (χ2n) is 4.40. The third kappa shape index (κ3) is 4.48. The van der Waals surface area contributed by atoms with Gasteiger partial charge in [-0.1, -0.05) is 47.5 Å². The molecule has 0 bridgehead atoms. The summed E-state index contributed by atoms with van der Waals surface area (Å²) >= 11 is 11.8. The number of benzene rings is 2. The fraction of sp³-hybridized carbons (Fsp3) is 0.125. The highest BCUT2D eigenvalue weighted by atomic mass is 35.5. The quantitative estimate of drug-likeness (QED) is 0.668. The molecule has 2 rings (SSSR count). The van der Waals surface area contributed by atoms with E-state index < -0.39 is 5.97 Å². The molecule has 1 amide bonds. The van der Waals surface area contributed by atoms with E-state index in [0.717, 1.165) is 0 Å². The lowest BCUT2D eigenvalue weighted by Crippen LogP contribution is -2.27. The Balaban J connectivity index is 1.81. The molecule has 0 radical (unpaired) electrons. The Morgan fingerprint density at radius 1 is 1.00 bits per heavy atom. The molecule has 0 aliphatic carbocycles. The number of esters is 1. The number of carbonyl (C=O) groups excluding carboxylic acids is 2. The van der Waals surface area contributed by atoms with Crippen LogP contribution in [0.3, 0.4) is 0 Å². The molecule has 4 nitrogen and oxygen atoms in total. The van der Waals surface area contributed by atoms with Crippen molar-refractivity contribution in [3.8, 4) is 5.75 Å². The zero-order valence-corrected chi connectivity index (χ0v) is 13.0. The van der Waals surface area contributed by atoms with Gasteiger partial charge in [-0.05, 0) is 24.3 Å². The fourth-order valence-corrected chi connectivity index (χ4v) is 2.04. The molecule has 0 saturated carbocycles. The van der Waals surface area contributed by atoms with Crippen molar-refractivity contribution in [2.45, 2.75) is 6.42 Å². The number of hydrogen-bond acceptors (Lipinski definition) is 3. The van der Waals surface area contributed by atoms with Crippen LogP contribution in [-0.4, -0.2) is 18.4 Å². The number of halogens is 2. The summed E-state index contributed by atoms with van der Waals surface area (Å²) in [6.45, 7) is 0.171. The van der Waals surface area contributed by atoms with E-state index in [1.165, 1.54) is 0 Å². The van der Waals surface area contributed by atoms with Gasteiger partial charge in [0, 0.05) is 12.1 Å². The molecule has 0 fully saturated rings. The third-order valence-electron chi connectivity index (χ3n) is 2.79. The molecule has 22 heavy (non-hydrogen) atoms. The largest absolute Gasteiger partial charge is 0.425 e. The first-order valence-corrected chi connectivity index (χ1v) is 7.31. The predicted octanol–water partition coefficient (Wildman–Crippen LogP) is 3.72. The second-order valence-corrected chi connectivity index (χ2v) is 5.18. The number of hydrogen-bond donors (Lipinski definition) is 1. The van der Waals surface area contributed by atoms with Crippen molar-refractivity contribution in [3.63, 3.8) is 0 Å². The van der Waals surface area contributed by atoms with E-state index in [9.17, 15) is 9.59 Å². The Morgan fingerprint density at radius 2 is 1.73 bits per heavy atom. The fourth-order valence-electron chi connectivity index (χ4n) is 1.71. The van der Waals surface area contributed by atoms with Crippen LogP contribution in [0.15, 0.2) is 48.5 Å². The van der Waals surface area contributed by atoms with E-state index in [1.807, 2.05) is 6.07 Å². The van der Waals surface area contributed by atoms with Crippen LogP contribution < -0.4 is 10.1 Å². The van der Waals surface area contributed by atoms with E-state index in [2.05, 4.69) is 5.32 Å². The lowest BCUT2D eigenvalue weighted by atomic mass is 10.2. The van der Waals surface area contributed by atoms with Gasteiger partial charge < -0.3 is 10.1 Å². The van der Waals surface area contributed by atoms with E-state index in [0.29, 0.717) is 10.6 Å². The molecule has 0 unspecified atom stereocenters. The van der Waals surface area contributed by atoms with Crippen molar-refractivity contribution < 1.29 is 14.3 Å². The molecule has 0 aromatic heterocycles. The molecular formula is C16H13Cl2NO3. The molecule has 2 aromatic carbocycles. The van der Waals surface area contributed by atoms with Crippen molar-refractivity contribution in [3.05, 3.63) is 64.1 Å². The van der Waals surface area contributed by atoms with Crippen molar-refractivity contribution in [2.24, 2.45) is 0 Å². The number of ether oxygens (including phenoxy) is 1. The van der Waals surface area contributed by atoms with Gasteiger partial charge in [-0.25, -0.2) is 0 Å². The van der Waals surface area contributed by atoms with Crippen molar-refractivity contribution in [2.75, 3.05) is 6.54 Å². The summed E-state index contributed by atoms with van der Waals surface area (Å²) in [6, 6.07) is 13.5. The van der Waals surface area contributed by atoms with Crippen LogP contribution in [0.2, 0.25) is 10.0 Å². The Morgan fingerprint density at radius 3 is 2.45 bits per heavy atom. The molecule has 0 heterocycles. The summed E-state index contributed by atoms with van der Waals surface area (Å²) in [5, 5.41) is 3.14. The van der Waals surface area contributed by atoms with Gasteiger partial charge in [0.15, 0.2) is 5.75 Å². The van der Waals surface area contributed by atoms with Gasteiger partial charge in [-0.3, -0.25) is 9.59 Å². The van der Waals surface area contributed by atoms with Crippen LogP contribution in [0.1, 0.15) is 16.8 Å². The van der Waals surface area contributed by atoms with Gasteiger partial charge in [0.05, 0.1) is 11.4 Å². The average molecular weight is 338 g/mol. The lowest BCUT2D eigenvalue weighted by molar-refractivity contribution is -0.134. The summed E-state index contributed by atoms with van der Waals surface area (Å²) in [5.74, 6) is -0.541. The first-order chi connectivity index (χ1) is 10.6. The van der Waals surface area contributed by atoms with Gasteiger partial charge in [-0.15, -0.1) is 0 Å². The van der Waals surface area contributed by atoms with Crippen molar-refractivity contribution >= 4 is 35.1 Å². The van der Waals surface area contributed by atoms with Gasteiger partial charge in [0.25, 0.3) is 5.91 Å². The van der Waals surface area contributed by atoms with Crippen LogP contribution in [0.25, 0.3) is 0 Å². The predicted molar refractivity (Wildman–Crippen MR) is 85.5 cm³/mol. The number of rotatable bonds is 5. The minimum atomic E-state index is -0.502. The second kappa shape index (κ2) is 7.82. The molecule has 0 spiro atoms. The lowest BCUT2D eigenvalue weighted by Gasteiger charge is -2.08. The summed E-state index contributed by atoms with van der Waals surface area (Å²) < 4.78 is 5.11. The molecule has 6 heteroatoms. The van der Waals surface area contributed by atoms with Crippen LogP contribution in [0.5, 0.6) is 5.75 Å². The van der Waals surface area contributed by atoms with E-state index in [1.54, 1.807) is 42.5 Å². The van der Waals surface area contributed by atoms with Crippen LogP contribution in [-0.2, 0) is 4.79 Å². The summed E-state index contributed by atoms with van der Waals surface area (Å²) in [6.07, 6.45) is 0.0292. The number of carbonyl (C=O) groups is 2. The molecule has 0 atom stereocenters. The molecule has 114 valence electrons. The smallest absolute Gasteiger partial charge is 0.313 e. The van der Waals surface area contributed by atoms with E-state index in [4.69, 9.17) is 27.9 Å². The van der Waals surface area contributed by atoms with Gasteiger partial charge >= 0.3 is 5.97 Å². The maximum Gasteiger partial charge on any atom is 0.313 e. The van der Waals surface area contributed by atoms with E-state index in [-0.39, 0.29) is 29.6 Å². The maximum atomic E-state index is 11.8.